The van der Waals surface area contributed by atoms with Crippen molar-refractivity contribution in [3.05, 3.63) is 29.8 Å². The van der Waals surface area contributed by atoms with Gasteiger partial charge < -0.3 is 10.2 Å². The third-order valence-electron chi connectivity index (χ3n) is 4.38. The second-order valence-electron chi connectivity index (χ2n) is 6.29. The molecule has 1 N–H and O–H groups in total. The van der Waals surface area contributed by atoms with Gasteiger partial charge >= 0.3 is 0 Å². The molecule has 1 atom stereocenters. The van der Waals surface area contributed by atoms with Gasteiger partial charge in [-0.1, -0.05) is 0 Å². The lowest BCUT2D eigenvalue weighted by molar-refractivity contribution is -0.136. The molecule has 0 aromatic heterocycles. The molecule has 25 heavy (non-hydrogen) atoms. The Morgan fingerprint density at radius 1 is 1.16 bits per heavy atom. The first-order chi connectivity index (χ1) is 11.8. The fourth-order valence-corrected chi connectivity index (χ4v) is 2.81. The van der Waals surface area contributed by atoms with Gasteiger partial charge in [0.15, 0.2) is 0 Å². The van der Waals surface area contributed by atoms with E-state index in [4.69, 9.17) is 0 Å². The average molecular weight is 359 g/mol. The molecule has 1 aliphatic carbocycles. The molecule has 1 saturated heterocycles. The van der Waals surface area contributed by atoms with Gasteiger partial charge in [0.2, 0.25) is 11.8 Å². The predicted octanol–water partition coefficient (Wildman–Crippen LogP) is 1.70. The number of carbonyl (C=O) groups excluding carboxylic acids is 2. The zero-order valence-electron chi connectivity index (χ0n) is 13.3. The van der Waals surface area contributed by atoms with E-state index in [1.54, 1.807) is 4.90 Å². The van der Waals surface area contributed by atoms with Gasteiger partial charge in [-0.05, 0) is 12.1 Å². The number of benzene rings is 1. The fourth-order valence-electron chi connectivity index (χ4n) is 2.81. The maximum Gasteiger partial charge on any atom is 0.260 e. The highest BCUT2D eigenvalue weighted by Crippen LogP contribution is 2.49. The Morgan fingerprint density at radius 2 is 1.80 bits per heavy atom. The number of amides is 2. The zero-order valence-corrected chi connectivity index (χ0v) is 13.3. The van der Waals surface area contributed by atoms with Crippen LogP contribution >= 0.6 is 0 Å². The smallest absolute Gasteiger partial charge is 0.260 e. The summed E-state index contributed by atoms with van der Waals surface area (Å²) < 4.78 is 52.2. The van der Waals surface area contributed by atoms with Gasteiger partial charge in [0.25, 0.3) is 5.92 Å². The quantitative estimate of drug-likeness (QED) is 0.833. The Morgan fingerprint density at radius 3 is 2.36 bits per heavy atom. The number of rotatable bonds is 4. The van der Waals surface area contributed by atoms with E-state index in [2.05, 4.69) is 5.32 Å². The third-order valence-corrected chi connectivity index (χ3v) is 4.38. The third kappa shape index (κ3) is 4.09. The SMILES string of the molecule is O=C(CN1CCN(C(=O)C2CC2(F)F)CC1)Nc1ccc(F)cc1F. The van der Waals surface area contributed by atoms with Crippen molar-refractivity contribution in [1.29, 1.82) is 0 Å². The summed E-state index contributed by atoms with van der Waals surface area (Å²) in [6.07, 6.45) is -0.391. The summed E-state index contributed by atoms with van der Waals surface area (Å²) in [6.45, 7) is 1.23. The molecule has 3 rings (SSSR count). The number of anilines is 1. The van der Waals surface area contributed by atoms with Crippen LogP contribution in [0.5, 0.6) is 0 Å². The van der Waals surface area contributed by atoms with E-state index in [0.29, 0.717) is 19.2 Å². The molecule has 1 aromatic rings. The fraction of sp³-hybridized carbons (Fsp3) is 0.500. The van der Waals surface area contributed by atoms with Crippen LogP contribution in [-0.2, 0) is 9.59 Å². The summed E-state index contributed by atoms with van der Waals surface area (Å²) in [5, 5.41) is 2.36. The van der Waals surface area contributed by atoms with E-state index in [9.17, 15) is 27.2 Å². The van der Waals surface area contributed by atoms with Crippen LogP contribution < -0.4 is 5.32 Å². The van der Waals surface area contributed by atoms with E-state index in [0.717, 1.165) is 12.1 Å². The number of hydrogen-bond acceptors (Lipinski definition) is 3. The topological polar surface area (TPSA) is 52.7 Å². The normalized spacial score (nSPS) is 22.6. The van der Waals surface area contributed by atoms with E-state index in [1.165, 1.54) is 4.90 Å². The van der Waals surface area contributed by atoms with Crippen molar-refractivity contribution in [3.8, 4) is 0 Å². The Kier molecular flexibility index (Phi) is 4.68. The lowest BCUT2D eigenvalue weighted by atomic mass is 10.2. The summed E-state index contributed by atoms with van der Waals surface area (Å²) in [4.78, 5) is 27.0. The minimum Gasteiger partial charge on any atom is -0.340 e. The minimum absolute atomic E-state index is 0.0293. The molecule has 0 radical (unpaired) electrons. The highest BCUT2D eigenvalue weighted by molar-refractivity contribution is 5.92. The largest absolute Gasteiger partial charge is 0.340 e. The summed E-state index contributed by atoms with van der Waals surface area (Å²) in [5.41, 5.74) is -0.115. The first-order valence-electron chi connectivity index (χ1n) is 7.90. The highest BCUT2D eigenvalue weighted by atomic mass is 19.3. The van der Waals surface area contributed by atoms with Crippen molar-refractivity contribution >= 4 is 17.5 Å². The van der Waals surface area contributed by atoms with Crippen LogP contribution in [0.4, 0.5) is 23.2 Å². The Balaban J connectivity index is 1.45. The molecule has 0 bridgehead atoms. The summed E-state index contributed by atoms with van der Waals surface area (Å²) >= 11 is 0. The number of hydrogen-bond donors (Lipinski definition) is 1. The summed E-state index contributed by atoms with van der Waals surface area (Å²) in [5.74, 6) is -6.70. The molecular formula is C16H17F4N3O2. The van der Waals surface area contributed by atoms with Gasteiger partial charge in [0.05, 0.1) is 12.2 Å². The number of nitrogens with zero attached hydrogens (tertiary/aromatic N) is 2. The Bertz CT molecular complexity index is 690. The standard InChI is InChI=1S/C16H17F4N3O2/c17-10-1-2-13(12(18)7-10)21-14(24)9-22-3-5-23(6-4-22)15(25)11-8-16(11,19)20/h1-2,7,11H,3-6,8-9H2,(H,21,24). The van der Waals surface area contributed by atoms with Crippen LogP contribution in [0.15, 0.2) is 18.2 Å². The summed E-state index contributed by atoms with van der Waals surface area (Å²) in [7, 11) is 0. The maximum absolute atomic E-state index is 13.5. The molecular weight excluding hydrogens is 342 g/mol. The monoisotopic (exact) mass is 359 g/mol. The zero-order chi connectivity index (χ0) is 18.2. The van der Waals surface area contributed by atoms with Crippen LogP contribution in [0.1, 0.15) is 6.42 Å². The van der Waals surface area contributed by atoms with Gasteiger partial charge in [0.1, 0.15) is 17.6 Å². The van der Waals surface area contributed by atoms with E-state index >= 15 is 0 Å². The highest BCUT2D eigenvalue weighted by Gasteiger charge is 2.62. The van der Waals surface area contributed by atoms with E-state index in [1.807, 2.05) is 0 Å². The molecule has 5 nitrogen and oxygen atoms in total. The van der Waals surface area contributed by atoms with Gasteiger partial charge in [-0.3, -0.25) is 14.5 Å². The van der Waals surface area contributed by atoms with Gasteiger partial charge in [-0.2, -0.15) is 0 Å². The molecule has 2 amide bonds. The van der Waals surface area contributed by atoms with Crippen molar-refractivity contribution in [3.63, 3.8) is 0 Å². The van der Waals surface area contributed by atoms with Crippen molar-refractivity contribution in [1.82, 2.24) is 9.80 Å². The maximum atomic E-state index is 13.5. The Hall–Kier alpha value is -2.16. The predicted molar refractivity (Wildman–Crippen MR) is 81.1 cm³/mol. The number of carbonyl (C=O) groups is 2. The number of piperazine rings is 1. The molecule has 1 unspecified atom stereocenters. The molecule has 2 fully saturated rings. The molecule has 0 spiro atoms. The van der Waals surface area contributed by atoms with Crippen molar-refractivity contribution in [2.24, 2.45) is 5.92 Å². The van der Waals surface area contributed by atoms with Crippen LogP contribution in [0.3, 0.4) is 0 Å². The van der Waals surface area contributed by atoms with Crippen molar-refractivity contribution < 1.29 is 27.2 Å². The van der Waals surface area contributed by atoms with Crippen LogP contribution in [0.2, 0.25) is 0 Å². The van der Waals surface area contributed by atoms with Gasteiger partial charge in [0, 0.05) is 38.7 Å². The second-order valence-corrected chi connectivity index (χ2v) is 6.29. The lowest BCUT2D eigenvalue weighted by Crippen LogP contribution is -2.51. The Labute approximate surface area is 141 Å². The van der Waals surface area contributed by atoms with Gasteiger partial charge in [-0.25, -0.2) is 17.6 Å². The molecule has 9 heteroatoms. The van der Waals surface area contributed by atoms with Crippen molar-refractivity contribution in [2.45, 2.75) is 12.3 Å². The number of alkyl halides is 2. The molecule has 1 saturated carbocycles. The van der Waals surface area contributed by atoms with E-state index in [-0.39, 0.29) is 25.3 Å². The number of nitrogens with one attached hydrogen (secondary N) is 1. The molecule has 1 heterocycles. The average Bonchev–Trinajstić information content (AvgIpc) is 3.19. The van der Waals surface area contributed by atoms with E-state index < -0.39 is 41.7 Å². The molecule has 1 aliphatic heterocycles. The first kappa shape index (κ1) is 17.7. The molecule has 1 aromatic carbocycles. The van der Waals surface area contributed by atoms with Crippen molar-refractivity contribution in [2.75, 3.05) is 38.0 Å². The second kappa shape index (κ2) is 6.62. The van der Waals surface area contributed by atoms with Crippen LogP contribution in [-0.4, -0.2) is 60.3 Å². The van der Waals surface area contributed by atoms with Gasteiger partial charge in [-0.15, -0.1) is 0 Å². The molecule has 2 aliphatic rings. The number of halogens is 4. The minimum atomic E-state index is -2.88. The van der Waals surface area contributed by atoms with Crippen LogP contribution in [0, 0.1) is 17.6 Å². The first-order valence-corrected chi connectivity index (χ1v) is 7.90. The lowest BCUT2D eigenvalue weighted by Gasteiger charge is -2.34. The van der Waals surface area contributed by atoms with Crippen LogP contribution in [0.25, 0.3) is 0 Å². The molecule has 136 valence electrons. The summed E-state index contributed by atoms with van der Waals surface area (Å²) in [6, 6.07) is 2.85.